The van der Waals surface area contributed by atoms with Crippen LogP contribution in [0.25, 0.3) is 0 Å². The lowest BCUT2D eigenvalue weighted by molar-refractivity contribution is 0.0342. The summed E-state index contributed by atoms with van der Waals surface area (Å²) in [7, 11) is 0. The minimum absolute atomic E-state index is 0.0368. The first-order valence-corrected chi connectivity index (χ1v) is 6.58. The number of carbonyl (C=O) groups is 1. The van der Waals surface area contributed by atoms with Crippen LogP contribution in [0.5, 0.6) is 0 Å². The minimum atomic E-state index is -0.234. The molecule has 0 aliphatic carbocycles. The summed E-state index contributed by atoms with van der Waals surface area (Å²) >= 11 is 0. The highest BCUT2D eigenvalue weighted by atomic mass is 16.5. The Balaban J connectivity index is 1.82. The van der Waals surface area contributed by atoms with Gasteiger partial charge in [0.25, 0.3) is 5.91 Å². The Hall–Kier alpha value is -1.77. The predicted molar refractivity (Wildman–Crippen MR) is 74.0 cm³/mol. The van der Waals surface area contributed by atoms with Crippen LogP contribution < -0.4 is 16.6 Å². The molecule has 1 aliphatic heterocycles. The van der Waals surface area contributed by atoms with Crippen molar-refractivity contribution in [2.75, 3.05) is 38.3 Å². The summed E-state index contributed by atoms with van der Waals surface area (Å²) in [6, 6.07) is 0.0368. The number of rotatable bonds is 5. The second-order valence-electron chi connectivity index (χ2n) is 4.72. The number of carbonyl (C=O) groups excluding carboxylic acids is 1. The number of hydrazine groups is 1. The van der Waals surface area contributed by atoms with Crippen molar-refractivity contribution in [3.63, 3.8) is 0 Å². The monoisotopic (exact) mass is 280 g/mol. The van der Waals surface area contributed by atoms with Crippen LogP contribution in [0.15, 0.2) is 12.4 Å². The molecule has 1 amide bonds. The van der Waals surface area contributed by atoms with Crippen molar-refractivity contribution in [2.45, 2.75) is 13.0 Å². The van der Waals surface area contributed by atoms with Gasteiger partial charge in [0.05, 0.1) is 25.6 Å². The molecule has 8 heteroatoms. The maximum atomic E-state index is 12.0. The number of ether oxygens (including phenoxy) is 1. The van der Waals surface area contributed by atoms with E-state index in [1.165, 1.54) is 12.4 Å². The Bertz CT molecular complexity index is 432. The lowest BCUT2D eigenvalue weighted by Crippen LogP contribution is -2.46. The zero-order valence-electron chi connectivity index (χ0n) is 11.5. The first-order chi connectivity index (χ1) is 9.69. The second kappa shape index (κ2) is 7.13. The fraction of sp³-hybridized carbons (Fsp3) is 0.583. The third-order valence-electron chi connectivity index (χ3n) is 3.05. The van der Waals surface area contributed by atoms with Crippen LogP contribution in [-0.2, 0) is 4.74 Å². The standard InChI is InChI=1S/C12H20N6O2/c1-9(8-18-2-4-20-5-3-18)16-12(19)10-6-15-11(17-13)7-14-10/h6-7,9H,2-5,8,13H2,1H3,(H,15,17)(H,16,19). The molecule has 1 aromatic rings. The van der Waals surface area contributed by atoms with Crippen LogP contribution in [0.3, 0.4) is 0 Å². The molecule has 1 aromatic heterocycles. The van der Waals surface area contributed by atoms with E-state index in [4.69, 9.17) is 10.6 Å². The van der Waals surface area contributed by atoms with E-state index in [1.54, 1.807) is 0 Å². The molecule has 0 bridgehead atoms. The molecular formula is C12H20N6O2. The molecule has 1 fully saturated rings. The Morgan fingerprint density at radius 1 is 1.45 bits per heavy atom. The van der Waals surface area contributed by atoms with E-state index >= 15 is 0 Å². The molecule has 20 heavy (non-hydrogen) atoms. The average Bonchev–Trinajstić information content (AvgIpc) is 2.48. The van der Waals surface area contributed by atoms with Gasteiger partial charge in [-0.3, -0.25) is 9.69 Å². The van der Waals surface area contributed by atoms with Gasteiger partial charge in [0.15, 0.2) is 5.82 Å². The minimum Gasteiger partial charge on any atom is -0.379 e. The van der Waals surface area contributed by atoms with Crippen molar-refractivity contribution in [2.24, 2.45) is 5.84 Å². The zero-order valence-corrected chi connectivity index (χ0v) is 11.5. The maximum Gasteiger partial charge on any atom is 0.271 e. The van der Waals surface area contributed by atoms with Crippen molar-refractivity contribution in [1.29, 1.82) is 0 Å². The summed E-state index contributed by atoms with van der Waals surface area (Å²) in [6.45, 7) is 6.06. The van der Waals surface area contributed by atoms with E-state index in [0.717, 1.165) is 32.8 Å². The van der Waals surface area contributed by atoms with Gasteiger partial charge in [0.1, 0.15) is 5.69 Å². The Morgan fingerprint density at radius 3 is 2.80 bits per heavy atom. The molecule has 1 unspecified atom stereocenters. The summed E-state index contributed by atoms with van der Waals surface area (Å²) < 4.78 is 5.29. The molecule has 0 saturated carbocycles. The number of hydrogen-bond donors (Lipinski definition) is 3. The largest absolute Gasteiger partial charge is 0.379 e. The summed E-state index contributed by atoms with van der Waals surface area (Å²) in [5, 5.41) is 2.91. The van der Waals surface area contributed by atoms with Gasteiger partial charge in [0, 0.05) is 25.7 Å². The molecule has 2 rings (SSSR count). The summed E-state index contributed by atoms with van der Waals surface area (Å²) in [4.78, 5) is 22.2. The second-order valence-corrected chi connectivity index (χ2v) is 4.72. The highest BCUT2D eigenvalue weighted by Gasteiger charge is 2.16. The molecule has 1 aliphatic rings. The highest BCUT2D eigenvalue weighted by Crippen LogP contribution is 2.01. The number of anilines is 1. The van der Waals surface area contributed by atoms with Crippen molar-refractivity contribution in [3.05, 3.63) is 18.1 Å². The molecule has 0 radical (unpaired) electrons. The van der Waals surface area contributed by atoms with Crippen LogP contribution in [0.4, 0.5) is 5.82 Å². The average molecular weight is 280 g/mol. The van der Waals surface area contributed by atoms with Gasteiger partial charge in [-0.2, -0.15) is 0 Å². The maximum absolute atomic E-state index is 12.0. The van der Waals surface area contributed by atoms with Gasteiger partial charge >= 0.3 is 0 Å². The van der Waals surface area contributed by atoms with E-state index in [2.05, 4.69) is 25.6 Å². The molecule has 110 valence electrons. The van der Waals surface area contributed by atoms with Crippen LogP contribution >= 0.6 is 0 Å². The first kappa shape index (κ1) is 14.6. The molecule has 8 nitrogen and oxygen atoms in total. The Kier molecular flexibility index (Phi) is 5.22. The van der Waals surface area contributed by atoms with Crippen LogP contribution in [-0.4, -0.2) is 59.7 Å². The van der Waals surface area contributed by atoms with E-state index in [0.29, 0.717) is 5.82 Å². The molecule has 2 heterocycles. The topological polar surface area (TPSA) is 105 Å². The van der Waals surface area contributed by atoms with Gasteiger partial charge in [-0.1, -0.05) is 0 Å². The number of amides is 1. The molecule has 0 spiro atoms. The van der Waals surface area contributed by atoms with Gasteiger partial charge in [-0.05, 0) is 6.92 Å². The van der Waals surface area contributed by atoms with E-state index in [9.17, 15) is 4.79 Å². The quantitative estimate of drug-likeness (QED) is 0.479. The number of aromatic nitrogens is 2. The molecule has 1 atom stereocenters. The van der Waals surface area contributed by atoms with Crippen LogP contribution in [0.2, 0.25) is 0 Å². The third-order valence-corrected chi connectivity index (χ3v) is 3.05. The SMILES string of the molecule is CC(CN1CCOCC1)NC(=O)c1cnc(NN)cn1. The number of nitrogens with two attached hydrogens (primary N) is 1. The first-order valence-electron chi connectivity index (χ1n) is 6.58. The van der Waals surface area contributed by atoms with E-state index < -0.39 is 0 Å². The van der Waals surface area contributed by atoms with Crippen LogP contribution in [0.1, 0.15) is 17.4 Å². The fourth-order valence-corrected chi connectivity index (χ4v) is 2.03. The highest BCUT2D eigenvalue weighted by molar-refractivity contribution is 5.92. The summed E-state index contributed by atoms with van der Waals surface area (Å²) in [5.74, 6) is 5.38. The Labute approximate surface area is 117 Å². The lowest BCUT2D eigenvalue weighted by Gasteiger charge is -2.29. The predicted octanol–water partition coefficient (Wildman–Crippen LogP) is -0.787. The van der Waals surface area contributed by atoms with Gasteiger partial charge < -0.3 is 15.5 Å². The number of morpholine rings is 1. The number of hydrogen-bond acceptors (Lipinski definition) is 7. The molecule has 0 aromatic carbocycles. The molecule has 4 N–H and O–H groups in total. The van der Waals surface area contributed by atoms with Gasteiger partial charge in [-0.15, -0.1) is 0 Å². The number of nitrogens with one attached hydrogen (secondary N) is 2. The third kappa shape index (κ3) is 4.12. The lowest BCUT2D eigenvalue weighted by atomic mass is 10.2. The fourth-order valence-electron chi connectivity index (χ4n) is 2.03. The van der Waals surface area contributed by atoms with Crippen molar-refractivity contribution in [3.8, 4) is 0 Å². The normalized spacial score (nSPS) is 17.5. The van der Waals surface area contributed by atoms with E-state index in [-0.39, 0.29) is 17.6 Å². The van der Waals surface area contributed by atoms with Gasteiger partial charge in [0.2, 0.25) is 0 Å². The van der Waals surface area contributed by atoms with Crippen molar-refractivity contribution < 1.29 is 9.53 Å². The van der Waals surface area contributed by atoms with Crippen LogP contribution in [0, 0.1) is 0 Å². The Morgan fingerprint density at radius 2 is 2.20 bits per heavy atom. The number of nitrogen functional groups attached to an aromatic ring is 1. The summed E-state index contributed by atoms with van der Waals surface area (Å²) in [6.07, 6.45) is 2.81. The molecule has 1 saturated heterocycles. The number of nitrogens with zero attached hydrogens (tertiary/aromatic N) is 3. The zero-order chi connectivity index (χ0) is 14.4. The van der Waals surface area contributed by atoms with E-state index in [1.807, 2.05) is 6.92 Å². The van der Waals surface area contributed by atoms with Crippen molar-refractivity contribution in [1.82, 2.24) is 20.2 Å². The summed E-state index contributed by atoms with van der Waals surface area (Å²) in [5.41, 5.74) is 2.64. The van der Waals surface area contributed by atoms with Crippen molar-refractivity contribution >= 4 is 11.7 Å². The van der Waals surface area contributed by atoms with Gasteiger partial charge in [-0.25, -0.2) is 15.8 Å². The molecular weight excluding hydrogens is 260 g/mol. The smallest absolute Gasteiger partial charge is 0.271 e.